The summed E-state index contributed by atoms with van der Waals surface area (Å²) < 4.78 is 39.7. The summed E-state index contributed by atoms with van der Waals surface area (Å²) in [6.07, 6.45) is 3.25. The van der Waals surface area contributed by atoms with Gasteiger partial charge in [0.05, 0.1) is 27.5 Å². The first-order valence-corrected chi connectivity index (χ1v) is 16.9. The van der Waals surface area contributed by atoms with E-state index in [0.717, 1.165) is 35.4 Å². The van der Waals surface area contributed by atoms with Crippen molar-refractivity contribution in [2.45, 2.75) is 70.7 Å². The number of thiazole rings is 1. The van der Waals surface area contributed by atoms with Gasteiger partial charge in [-0.05, 0) is 63.8 Å². The van der Waals surface area contributed by atoms with Crippen LogP contribution in [0, 0.1) is 17.6 Å². The van der Waals surface area contributed by atoms with E-state index in [0.29, 0.717) is 47.7 Å². The van der Waals surface area contributed by atoms with E-state index in [1.54, 1.807) is 39.1 Å². The van der Waals surface area contributed by atoms with Crippen LogP contribution in [0.5, 0.6) is 5.75 Å². The Morgan fingerprint density at radius 2 is 1.89 bits per heavy atom. The SMILES string of the molecule is CC(C)(C)OC(=O)NC[C@@H](Cc1cnc(N2CC[C@@H](Oc3c(F)ccc(Cl)c3F)C2)s1)C(=O)N(Cc1cccc(Cl)c1Cl)C1CC1. The van der Waals surface area contributed by atoms with Crippen LogP contribution in [0.25, 0.3) is 0 Å². The zero-order chi connectivity index (χ0) is 33.2. The number of alkyl carbamates (subject to hydrolysis) is 1. The first kappa shape index (κ1) is 34.5. The number of carbonyl (C=O) groups is 2. The lowest BCUT2D eigenvalue weighted by molar-refractivity contribution is -0.136. The molecule has 2 heterocycles. The van der Waals surface area contributed by atoms with Crippen LogP contribution in [-0.2, 0) is 22.5 Å². The van der Waals surface area contributed by atoms with Crippen LogP contribution < -0.4 is 15.0 Å². The number of amides is 2. The average Bonchev–Trinajstić information content (AvgIpc) is 3.54. The molecule has 1 N–H and O–H groups in total. The van der Waals surface area contributed by atoms with Crippen LogP contribution >= 0.6 is 46.1 Å². The summed E-state index contributed by atoms with van der Waals surface area (Å²) in [6.45, 7) is 6.61. The summed E-state index contributed by atoms with van der Waals surface area (Å²) in [5.74, 6) is -2.96. The highest BCUT2D eigenvalue weighted by molar-refractivity contribution is 7.15. The molecule has 0 radical (unpaired) electrons. The van der Waals surface area contributed by atoms with Gasteiger partial charge in [0.25, 0.3) is 0 Å². The Kier molecular flexibility index (Phi) is 10.9. The molecule has 8 nitrogen and oxygen atoms in total. The van der Waals surface area contributed by atoms with Crippen molar-refractivity contribution in [3.8, 4) is 5.75 Å². The van der Waals surface area contributed by atoms with Gasteiger partial charge in [-0.3, -0.25) is 4.79 Å². The lowest BCUT2D eigenvalue weighted by atomic mass is 10.0. The molecule has 46 heavy (non-hydrogen) atoms. The third kappa shape index (κ3) is 8.73. The van der Waals surface area contributed by atoms with Crippen LogP contribution in [0.3, 0.4) is 0 Å². The molecular weight excluding hydrogens is 681 g/mol. The number of carbonyl (C=O) groups excluding carboxylic acids is 2. The van der Waals surface area contributed by atoms with Gasteiger partial charge in [-0.15, -0.1) is 11.3 Å². The first-order valence-electron chi connectivity index (χ1n) is 15.0. The van der Waals surface area contributed by atoms with Crippen molar-refractivity contribution >= 4 is 63.3 Å². The zero-order valence-electron chi connectivity index (χ0n) is 25.6. The van der Waals surface area contributed by atoms with Gasteiger partial charge in [0.1, 0.15) is 11.7 Å². The number of hydrogen-bond acceptors (Lipinski definition) is 7. The molecule has 1 saturated heterocycles. The molecule has 0 unspecified atom stereocenters. The molecule has 2 aromatic carbocycles. The molecule has 0 bridgehead atoms. The monoisotopic (exact) mass is 714 g/mol. The third-order valence-corrected chi connectivity index (χ3v) is 9.81. The molecule has 2 amide bonds. The molecule has 2 aliphatic rings. The number of ether oxygens (including phenoxy) is 2. The first-order chi connectivity index (χ1) is 21.8. The van der Waals surface area contributed by atoms with Gasteiger partial charge in [0.15, 0.2) is 22.5 Å². The highest BCUT2D eigenvalue weighted by atomic mass is 35.5. The lowest BCUT2D eigenvalue weighted by Crippen LogP contribution is -2.44. The largest absolute Gasteiger partial charge is 0.482 e. The van der Waals surface area contributed by atoms with Crippen molar-refractivity contribution in [3.63, 3.8) is 0 Å². The van der Waals surface area contributed by atoms with Crippen molar-refractivity contribution < 1.29 is 27.8 Å². The number of halogens is 5. The predicted molar refractivity (Wildman–Crippen MR) is 176 cm³/mol. The Morgan fingerprint density at radius 3 is 2.61 bits per heavy atom. The highest BCUT2D eigenvalue weighted by Crippen LogP contribution is 2.35. The van der Waals surface area contributed by atoms with Crippen molar-refractivity contribution in [2.24, 2.45) is 5.92 Å². The molecule has 3 aromatic rings. The molecule has 1 saturated carbocycles. The van der Waals surface area contributed by atoms with Crippen molar-refractivity contribution in [1.82, 2.24) is 15.2 Å². The van der Waals surface area contributed by atoms with E-state index < -0.39 is 41.1 Å². The summed E-state index contributed by atoms with van der Waals surface area (Å²) in [4.78, 5) is 35.9. The van der Waals surface area contributed by atoms with Crippen LogP contribution in [0.2, 0.25) is 15.1 Å². The molecule has 248 valence electrons. The highest BCUT2D eigenvalue weighted by Gasteiger charge is 2.37. The van der Waals surface area contributed by atoms with Crippen molar-refractivity contribution in [3.05, 3.63) is 73.7 Å². The maximum absolute atomic E-state index is 14.4. The van der Waals surface area contributed by atoms with E-state index in [1.807, 2.05) is 15.9 Å². The second-order valence-electron chi connectivity index (χ2n) is 12.5. The summed E-state index contributed by atoms with van der Waals surface area (Å²) in [5.41, 5.74) is 0.0536. The molecule has 2 fully saturated rings. The van der Waals surface area contributed by atoms with E-state index >= 15 is 0 Å². The molecule has 2 atom stereocenters. The maximum atomic E-state index is 14.4. The van der Waals surface area contributed by atoms with Gasteiger partial charge in [-0.1, -0.05) is 46.9 Å². The number of anilines is 1. The molecular formula is C32H35Cl3F2N4O4S. The number of aromatic nitrogens is 1. The van der Waals surface area contributed by atoms with Crippen LogP contribution in [0.15, 0.2) is 36.5 Å². The Balaban J connectivity index is 1.29. The van der Waals surface area contributed by atoms with E-state index in [1.165, 1.54) is 11.3 Å². The minimum Gasteiger partial charge on any atom is -0.482 e. The second-order valence-corrected chi connectivity index (χ2v) is 14.7. The molecule has 1 aliphatic heterocycles. The number of benzene rings is 2. The van der Waals surface area contributed by atoms with Crippen molar-refractivity contribution in [2.75, 3.05) is 24.5 Å². The summed E-state index contributed by atoms with van der Waals surface area (Å²) in [7, 11) is 0. The number of nitrogens with zero attached hydrogens (tertiary/aromatic N) is 3. The van der Waals surface area contributed by atoms with Crippen LogP contribution in [-0.4, -0.2) is 59.3 Å². The zero-order valence-corrected chi connectivity index (χ0v) is 28.7. The van der Waals surface area contributed by atoms with Gasteiger partial charge in [-0.25, -0.2) is 18.6 Å². The maximum Gasteiger partial charge on any atom is 0.407 e. The average molecular weight is 716 g/mol. The standard InChI is InChI=1S/C32H35Cl3F2N4O4S/c1-32(2,3)45-31(43)39-14-19(29(42)41(20-7-8-20)16-18-5-4-6-23(33)26(18)35)13-22-15-38-30(46-22)40-12-11-21(17-40)44-28-25(36)10-9-24(34)27(28)37/h4-6,9-10,15,19-21H,7-8,11-14,16-17H2,1-3H3,(H,39,43)/t19-,21-/m1/s1. The number of nitrogens with one attached hydrogen (secondary N) is 1. The van der Waals surface area contributed by atoms with Gasteiger partial charge >= 0.3 is 6.09 Å². The Morgan fingerprint density at radius 1 is 1.13 bits per heavy atom. The molecule has 1 aromatic heterocycles. The smallest absolute Gasteiger partial charge is 0.407 e. The Hall–Kier alpha value is -2.86. The Bertz CT molecular complexity index is 1580. The second kappa shape index (κ2) is 14.5. The van der Waals surface area contributed by atoms with E-state index in [-0.39, 0.29) is 23.5 Å². The quantitative estimate of drug-likeness (QED) is 0.203. The summed E-state index contributed by atoms with van der Waals surface area (Å²) in [5, 5.41) is 4.09. The van der Waals surface area contributed by atoms with E-state index in [2.05, 4.69) is 10.3 Å². The van der Waals surface area contributed by atoms with Gasteiger partial charge < -0.3 is 24.6 Å². The number of rotatable bonds is 11. The van der Waals surface area contributed by atoms with Crippen LogP contribution in [0.1, 0.15) is 50.5 Å². The molecule has 0 spiro atoms. The van der Waals surface area contributed by atoms with Crippen LogP contribution in [0.4, 0.5) is 18.7 Å². The van der Waals surface area contributed by atoms with Gasteiger partial charge in [0.2, 0.25) is 5.91 Å². The number of hydrogen-bond donors (Lipinski definition) is 1. The fourth-order valence-electron chi connectivity index (χ4n) is 5.19. The normalized spacial score (nSPS) is 17.1. The summed E-state index contributed by atoms with van der Waals surface area (Å²) >= 11 is 20.0. The van der Waals surface area contributed by atoms with Crippen molar-refractivity contribution in [1.29, 1.82) is 0 Å². The van der Waals surface area contributed by atoms with E-state index in [4.69, 9.17) is 44.3 Å². The van der Waals surface area contributed by atoms with Gasteiger partial charge in [0, 0.05) is 43.2 Å². The Labute approximate surface area is 285 Å². The lowest BCUT2D eigenvalue weighted by Gasteiger charge is -2.28. The summed E-state index contributed by atoms with van der Waals surface area (Å²) in [6, 6.07) is 7.64. The third-order valence-electron chi connectivity index (χ3n) is 7.57. The minimum absolute atomic E-state index is 0.0594. The van der Waals surface area contributed by atoms with E-state index in [9.17, 15) is 18.4 Å². The minimum atomic E-state index is -0.926. The predicted octanol–water partition coefficient (Wildman–Crippen LogP) is 7.91. The molecule has 1 aliphatic carbocycles. The fraction of sp³-hybridized carbons (Fsp3) is 0.469. The fourth-order valence-corrected chi connectivity index (χ4v) is 6.74. The van der Waals surface area contributed by atoms with Gasteiger partial charge in [-0.2, -0.15) is 0 Å². The molecule has 5 rings (SSSR count). The molecule has 14 heteroatoms. The topological polar surface area (TPSA) is 84.0 Å².